The predicted molar refractivity (Wildman–Crippen MR) is 118 cm³/mol. The first-order valence-electron chi connectivity index (χ1n) is 11.3. The Morgan fingerprint density at radius 2 is 1.97 bits per heavy atom. The second-order valence-corrected chi connectivity index (χ2v) is 9.34. The minimum Gasteiger partial charge on any atom is -0.507 e. The minimum absolute atomic E-state index is 0.0700. The van der Waals surface area contributed by atoms with E-state index in [2.05, 4.69) is 10.1 Å². The lowest BCUT2D eigenvalue weighted by molar-refractivity contribution is -0.137. The lowest BCUT2D eigenvalue weighted by atomic mass is 10.00. The van der Waals surface area contributed by atoms with Crippen LogP contribution in [0.5, 0.6) is 5.75 Å². The first-order valence-corrected chi connectivity index (χ1v) is 11.3. The van der Waals surface area contributed by atoms with Crippen molar-refractivity contribution in [2.24, 2.45) is 5.92 Å². The summed E-state index contributed by atoms with van der Waals surface area (Å²) in [4.78, 5) is 18.8. The van der Waals surface area contributed by atoms with Gasteiger partial charge in [0.15, 0.2) is 5.65 Å². The van der Waals surface area contributed by atoms with Crippen molar-refractivity contribution in [2.75, 3.05) is 6.54 Å². The van der Waals surface area contributed by atoms with Gasteiger partial charge in [0.1, 0.15) is 5.75 Å². The maximum Gasteiger partial charge on any atom is 0.416 e. The monoisotopic (exact) mass is 474 g/mol. The minimum atomic E-state index is -4.57. The molecule has 3 aromatic rings. The van der Waals surface area contributed by atoms with Crippen LogP contribution in [0.15, 0.2) is 24.3 Å². The highest BCUT2D eigenvalue weighted by Gasteiger charge is 2.39. The van der Waals surface area contributed by atoms with Gasteiger partial charge < -0.3 is 15.1 Å². The molecular formula is C24H25F3N4O3. The molecule has 1 saturated carbocycles. The number of alkyl halides is 3. The standard InChI is InChI=1S/C24H25F3N4O3/c1-12-7-15(24(25,26)27)9-19(33)21(12)18-6-5-17-22(13(2)32)31(29-23(17)28-18)11-14-8-20(34)30(10-14)16-3-4-16/h5-7,9,13-14,16,32-33H,3-4,8,10-11H2,1-2H3. The number of aliphatic hydroxyl groups excluding tert-OH is 1. The Bertz CT molecular complexity index is 1260. The molecule has 1 aliphatic heterocycles. The number of aromatic hydroxyl groups is 1. The lowest BCUT2D eigenvalue weighted by Gasteiger charge is -2.16. The topological polar surface area (TPSA) is 91.5 Å². The van der Waals surface area contributed by atoms with E-state index in [1.807, 2.05) is 4.90 Å². The molecule has 2 atom stereocenters. The van der Waals surface area contributed by atoms with Gasteiger partial charge in [-0.3, -0.25) is 9.48 Å². The molecule has 2 fully saturated rings. The number of aromatic nitrogens is 3. The summed E-state index contributed by atoms with van der Waals surface area (Å²) in [7, 11) is 0. The Hall–Kier alpha value is -3.14. The van der Waals surface area contributed by atoms with Crippen molar-refractivity contribution in [1.82, 2.24) is 19.7 Å². The SMILES string of the molecule is Cc1cc(C(F)(F)F)cc(O)c1-c1ccc2c(C(C)O)n(CC3CC(=O)N(C4CC4)C3)nc2n1. The highest BCUT2D eigenvalue weighted by Crippen LogP contribution is 2.39. The Labute approximate surface area is 193 Å². The van der Waals surface area contributed by atoms with Crippen LogP contribution in [0.1, 0.15) is 49.1 Å². The molecule has 180 valence electrons. The van der Waals surface area contributed by atoms with E-state index >= 15 is 0 Å². The summed E-state index contributed by atoms with van der Waals surface area (Å²) >= 11 is 0. The van der Waals surface area contributed by atoms with Gasteiger partial charge in [0, 0.05) is 42.4 Å². The van der Waals surface area contributed by atoms with Crippen LogP contribution in [-0.2, 0) is 17.5 Å². The Kier molecular flexibility index (Phi) is 5.31. The van der Waals surface area contributed by atoms with Gasteiger partial charge in [-0.15, -0.1) is 0 Å². The fraction of sp³-hybridized carbons (Fsp3) is 0.458. The van der Waals surface area contributed by atoms with E-state index in [-0.39, 0.29) is 28.6 Å². The highest BCUT2D eigenvalue weighted by molar-refractivity contribution is 5.83. The Morgan fingerprint density at radius 3 is 2.59 bits per heavy atom. The normalized spacial score (nSPS) is 19.9. The number of hydrogen-bond acceptors (Lipinski definition) is 5. The van der Waals surface area contributed by atoms with Gasteiger partial charge in [-0.25, -0.2) is 4.98 Å². The molecular weight excluding hydrogens is 449 g/mol. The third-order valence-electron chi connectivity index (χ3n) is 6.60. The van der Waals surface area contributed by atoms with Crippen LogP contribution in [0.3, 0.4) is 0 Å². The summed E-state index contributed by atoms with van der Waals surface area (Å²) in [5, 5.41) is 26.0. The van der Waals surface area contributed by atoms with Crippen LogP contribution >= 0.6 is 0 Å². The van der Waals surface area contributed by atoms with E-state index in [9.17, 15) is 28.2 Å². The van der Waals surface area contributed by atoms with Crippen LogP contribution in [0.25, 0.3) is 22.3 Å². The van der Waals surface area contributed by atoms with Gasteiger partial charge in [0.05, 0.1) is 23.1 Å². The number of benzene rings is 1. The van der Waals surface area contributed by atoms with E-state index in [4.69, 9.17) is 0 Å². The highest BCUT2D eigenvalue weighted by atomic mass is 19.4. The molecule has 2 aliphatic rings. The van der Waals surface area contributed by atoms with Gasteiger partial charge in [-0.2, -0.15) is 18.3 Å². The van der Waals surface area contributed by atoms with Crippen molar-refractivity contribution in [3.05, 3.63) is 41.1 Å². The number of pyridine rings is 1. The predicted octanol–water partition coefficient (Wildman–Crippen LogP) is 4.20. The Balaban J connectivity index is 1.50. The molecule has 0 bridgehead atoms. The van der Waals surface area contributed by atoms with Crippen molar-refractivity contribution >= 4 is 16.9 Å². The van der Waals surface area contributed by atoms with Crippen molar-refractivity contribution in [1.29, 1.82) is 0 Å². The van der Waals surface area contributed by atoms with Gasteiger partial charge in [-0.1, -0.05) is 0 Å². The number of rotatable bonds is 5. The van der Waals surface area contributed by atoms with Crippen LogP contribution < -0.4 is 0 Å². The van der Waals surface area contributed by atoms with Gasteiger partial charge in [0.2, 0.25) is 5.91 Å². The van der Waals surface area contributed by atoms with E-state index < -0.39 is 23.6 Å². The molecule has 0 radical (unpaired) electrons. The quantitative estimate of drug-likeness (QED) is 0.579. The molecule has 1 amide bonds. The molecule has 2 unspecified atom stereocenters. The molecule has 2 aromatic heterocycles. The summed E-state index contributed by atoms with van der Waals surface area (Å²) < 4.78 is 40.9. The Morgan fingerprint density at radius 1 is 1.24 bits per heavy atom. The fourth-order valence-corrected chi connectivity index (χ4v) is 4.93. The number of phenols is 1. The zero-order chi connectivity index (χ0) is 24.4. The van der Waals surface area contributed by atoms with Crippen molar-refractivity contribution < 1.29 is 28.2 Å². The first kappa shape index (κ1) is 22.6. The number of likely N-dealkylation sites (tertiary alicyclic amines) is 1. The molecule has 10 heteroatoms. The molecule has 1 aliphatic carbocycles. The number of fused-ring (bicyclic) bond motifs is 1. The van der Waals surface area contributed by atoms with E-state index in [0.717, 1.165) is 18.9 Å². The lowest BCUT2D eigenvalue weighted by Crippen LogP contribution is -2.28. The number of carbonyl (C=O) groups is 1. The van der Waals surface area contributed by atoms with Gasteiger partial charge in [-0.05, 0) is 56.5 Å². The van der Waals surface area contributed by atoms with Crippen molar-refractivity contribution in [2.45, 2.75) is 58.0 Å². The second-order valence-electron chi connectivity index (χ2n) is 9.34. The maximum absolute atomic E-state index is 13.1. The number of carbonyl (C=O) groups excluding carboxylic acids is 1. The molecule has 0 spiro atoms. The largest absolute Gasteiger partial charge is 0.507 e. The average Bonchev–Trinajstić information content (AvgIpc) is 3.41. The number of nitrogens with zero attached hydrogens (tertiary/aromatic N) is 4. The zero-order valence-corrected chi connectivity index (χ0v) is 18.8. The fourth-order valence-electron chi connectivity index (χ4n) is 4.93. The van der Waals surface area contributed by atoms with Crippen LogP contribution in [0.4, 0.5) is 13.2 Å². The molecule has 34 heavy (non-hydrogen) atoms. The summed E-state index contributed by atoms with van der Waals surface area (Å²) in [6.45, 7) is 4.23. The number of halogens is 3. The van der Waals surface area contributed by atoms with Crippen molar-refractivity contribution in [3.8, 4) is 17.0 Å². The number of aryl methyl sites for hydroxylation is 1. The number of hydrogen-bond donors (Lipinski definition) is 2. The molecule has 5 rings (SSSR count). The molecule has 1 aromatic carbocycles. The summed E-state index contributed by atoms with van der Waals surface area (Å²) in [5.74, 6) is -0.295. The van der Waals surface area contributed by atoms with Gasteiger partial charge >= 0.3 is 6.18 Å². The summed E-state index contributed by atoms with van der Waals surface area (Å²) in [6, 6.07) is 5.33. The third-order valence-corrected chi connectivity index (χ3v) is 6.60. The maximum atomic E-state index is 13.1. The second kappa shape index (κ2) is 7.97. The van der Waals surface area contributed by atoms with Gasteiger partial charge in [0.25, 0.3) is 0 Å². The van der Waals surface area contributed by atoms with Crippen LogP contribution in [0.2, 0.25) is 0 Å². The van der Waals surface area contributed by atoms with E-state index in [1.54, 1.807) is 23.7 Å². The smallest absolute Gasteiger partial charge is 0.416 e. The van der Waals surface area contributed by atoms with Crippen LogP contribution in [-0.4, -0.2) is 48.4 Å². The molecule has 7 nitrogen and oxygen atoms in total. The van der Waals surface area contributed by atoms with E-state index in [0.29, 0.717) is 48.3 Å². The summed E-state index contributed by atoms with van der Waals surface area (Å²) in [6.07, 6.45) is -2.88. The summed E-state index contributed by atoms with van der Waals surface area (Å²) in [5.41, 5.74) is 0.673. The zero-order valence-electron chi connectivity index (χ0n) is 18.8. The third kappa shape index (κ3) is 4.00. The van der Waals surface area contributed by atoms with Crippen LogP contribution in [0, 0.1) is 12.8 Å². The number of aliphatic hydroxyl groups is 1. The number of phenolic OH excluding ortho intramolecular Hbond substituents is 1. The molecule has 2 N–H and O–H groups in total. The first-order chi connectivity index (χ1) is 16.0. The number of amides is 1. The van der Waals surface area contributed by atoms with Crippen molar-refractivity contribution in [3.63, 3.8) is 0 Å². The molecule has 1 saturated heterocycles. The van der Waals surface area contributed by atoms with E-state index in [1.165, 1.54) is 6.92 Å². The average molecular weight is 474 g/mol. The molecule has 3 heterocycles.